The largest absolute Gasteiger partial charge is 0.396 e. The third kappa shape index (κ3) is 2.55. The van der Waals surface area contributed by atoms with Gasteiger partial charge in [-0.2, -0.15) is 0 Å². The maximum Gasteiger partial charge on any atom is 0.137 e. The van der Waals surface area contributed by atoms with Crippen molar-refractivity contribution in [1.82, 2.24) is 10.2 Å². The molecule has 1 rings (SSSR count). The van der Waals surface area contributed by atoms with Crippen LogP contribution in [0.1, 0.15) is 6.42 Å². The second kappa shape index (κ2) is 5.24. The summed E-state index contributed by atoms with van der Waals surface area (Å²) in [6.45, 7) is 3.78. The zero-order valence-corrected chi connectivity index (χ0v) is 7.20. The molecule has 0 aliphatic carbocycles. The minimum Gasteiger partial charge on any atom is -0.396 e. The van der Waals surface area contributed by atoms with E-state index in [0.29, 0.717) is 6.42 Å². The summed E-state index contributed by atoms with van der Waals surface area (Å²) in [5, 5.41) is 11.9. The standard InChI is InChI=1S/C8H16N2O2/c11-6-1-8(7-12)10-4-2-9-3-5-10/h7-9,11H,1-6H2. The first kappa shape index (κ1) is 9.64. The van der Waals surface area contributed by atoms with Crippen LogP contribution in [0.3, 0.4) is 0 Å². The minimum absolute atomic E-state index is 0.0860. The molecule has 0 aromatic carbocycles. The molecule has 1 saturated heterocycles. The predicted molar refractivity (Wildman–Crippen MR) is 46.0 cm³/mol. The van der Waals surface area contributed by atoms with Crippen molar-refractivity contribution in [2.45, 2.75) is 12.5 Å². The second-order valence-electron chi connectivity index (χ2n) is 3.00. The topological polar surface area (TPSA) is 52.6 Å². The van der Waals surface area contributed by atoms with Gasteiger partial charge in [-0.05, 0) is 6.42 Å². The summed E-state index contributed by atoms with van der Waals surface area (Å²) in [5.41, 5.74) is 0. The zero-order chi connectivity index (χ0) is 8.81. The van der Waals surface area contributed by atoms with E-state index in [1.165, 1.54) is 0 Å². The first-order chi connectivity index (χ1) is 5.88. The Morgan fingerprint density at radius 1 is 1.50 bits per heavy atom. The van der Waals surface area contributed by atoms with Crippen molar-refractivity contribution in [1.29, 1.82) is 0 Å². The Bertz CT molecular complexity index is 135. The lowest BCUT2D eigenvalue weighted by Crippen LogP contribution is -2.49. The van der Waals surface area contributed by atoms with Gasteiger partial charge in [-0.1, -0.05) is 0 Å². The Kier molecular flexibility index (Phi) is 4.21. The average Bonchev–Trinajstić information content (AvgIpc) is 2.15. The Morgan fingerprint density at radius 3 is 2.67 bits per heavy atom. The highest BCUT2D eigenvalue weighted by atomic mass is 16.3. The maximum absolute atomic E-state index is 10.6. The summed E-state index contributed by atoms with van der Waals surface area (Å²) in [6, 6.07) is -0.0860. The van der Waals surface area contributed by atoms with E-state index >= 15 is 0 Å². The minimum atomic E-state index is -0.0860. The van der Waals surface area contributed by atoms with E-state index in [1.807, 2.05) is 0 Å². The molecule has 0 amide bonds. The van der Waals surface area contributed by atoms with Crippen LogP contribution in [-0.2, 0) is 4.79 Å². The van der Waals surface area contributed by atoms with Crippen LogP contribution in [0, 0.1) is 0 Å². The summed E-state index contributed by atoms with van der Waals surface area (Å²) in [6.07, 6.45) is 1.49. The van der Waals surface area contributed by atoms with Gasteiger partial charge >= 0.3 is 0 Å². The number of aldehydes is 1. The summed E-state index contributed by atoms with van der Waals surface area (Å²) < 4.78 is 0. The third-order valence-corrected chi connectivity index (χ3v) is 2.20. The van der Waals surface area contributed by atoms with Crippen molar-refractivity contribution in [2.75, 3.05) is 32.8 Å². The molecular formula is C8H16N2O2. The van der Waals surface area contributed by atoms with Crippen LogP contribution in [0.15, 0.2) is 0 Å². The van der Waals surface area contributed by atoms with Gasteiger partial charge in [0.05, 0.1) is 6.04 Å². The molecule has 4 nitrogen and oxygen atoms in total. The molecule has 0 bridgehead atoms. The predicted octanol–water partition coefficient (Wildman–Crippen LogP) is -1.16. The first-order valence-electron chi connectivity index (χ1n) is 4.39. The number of piperazine rings is 1. The van der Waals surface area contributed by atoms with Crippen LogP contribution in [0.4, 0.5) is 0 Å². The number of carbonyl (C=O) groups excluding carboxylic acids is 1. The van der Waals surface area contributed by atoms with E-state index < -0.39 is 0 Å². The van der Waals surface area contributed by atoms with Gasteiger partial charge in [0.2, 0.25) is 0 Å². The van der Waals surface area contributed by atoms with E-state index in [9.17, 15) is 4.79 Å². The SMILES string of the molecule is O=CC(CCO)N1CCNCC1. The summed E-state index contributed by atoms with van der Waals surface area (Å²) in [4.78, 5) is 12.7. The van der Waals surface area contributed by atoms with Crippen molar-refractivity contribution in [2.24, 2.45) is 0 Å². The Balaban J connectivity index is 2.34. The Labute approximate surface area is 72.6 Å². The number of hydrogen-bond acceptors (Lipinski definition) is 4. The fraction of sp³-hybridized carbons (Fsp3) is 0.875. The average molecular weight is 172 g/mol. The number of carbonyl (C=O) groups is 1. The molecular weight excluding hydrogens is 156 g/mol. The first-order valence-corrected chi connectivity index (χ1v) is 4.39. The van der Waals surface area contributed by atoms with Gasteiger partial charge in [0.15, 0.2) is 0 Å². The number of aliphatic hydroxyl groups is 1. The fourth-order valence-corrected chi connectivity index (χ4v) is 1.48. The molecule has 1 fully saturated rings. The van der Waals surface area contributed by atoms with Gasteiger partial charge in [0.25, 0.3) is 0 Å². The normalized spacial score (nSPS) is 22.1. The van der Waals surface area contributed by atoms with Crippen molar-refractivity contribution in [3.8, 4) is 0 Å². The third-order valence-electron chi connectivity index (χ3n) is 2.20. The number of rotatable bonds is 4. The van der Waals surface area contributed by atoms with E-state index in [1.54, 1.807) is 0 Å². The lowest BCUT2D eigenvalue weighted by Gasteiger charge is -2.31. The maximum atomic E-state index is 10.6. The van der Waals surface area contributed by atoms with Gasteiger partial charge in [0, 0.05) is 32.8 Å². The van der Waals surface area contributed by atoms with Crippen LogP contribution < -0.4 is 5.32 Å². The van der Waals surface area contributed by atoms with E-state index in [4.69, 9.17) is 5.11 Å². The molecule has 1 unspecified atom stereocenters. The van der Waals surface area contributed by atoms with Gasteiger partial charge < -0.3 is 15.2 Å². The molecule has 1 atom stereocenters. The van der Waals surface area contributed by atoms with Crippen molar-refractivity contribution in [3.63, 3.8) is 0 Å². The molecule has 1 aliphatic heterocycles. The van der Waals surface area contributed by atoms with E-state index in [-0.39, 0.29) is 12.6 Å². The second-order valence-corrected chi connectivity index (χ2v) is 3.00. The van der Waals surface area contributed by atoms with Gasteiger partial charge in [0.1, 0.15) is 6.29 Å². The number of hydrogen-bond donors (Lipinski definition) is 2. The van der Waals surface area contributed by atoms with Crippen LogP contribution >= 0.6 is 0 Å². The number of nitrogens with zero attached hydrogens (tertiary/aromatic N) is 1. The monoisotopic (exact) mass is 172 g/mol. The molecule has 12 heavy (non-hydrogen) atoms. The van der Waals surface area contributed by atoms with Gasteiger partial charge in [-0.15, -0.1) is 0 Å². The smallest absolute Gasteiger partial charge is 0.137 e. The molecule has 0 aromatic rings. The highest BCUT2D eigenvalue weighted by Crippen LogP contribution is 2.02. The summed E-state index contributed by atoms with van der Waals surface area (Å²) in [7, 11) is 0. The molecule has 4 heteroatoms. The molecule has 0 aromatic heterocycles. The van der Waals surface area contributed by atoms with Crippen LogP contribution in [0.25, 0.3) is 0 Å². The fourth-order valence-electron chi connectivity index (χ4n) is 1.48. The quantitative estimate of drug-likeness (QED) is 0.525. The Hall–Kier alpha value is -0.450. The zero-order valence-electron chi connectivity index (χ0n) is 7.20. The lowest BCUT2D eigenvalue weighted by atomic mass is 10.2. The van der Waals surface area contributed by atoms with Crippen LogP contribution in [0.5, 0.6) is 0 Å². The highest BCUT2D eigenvalue weighted by molar-refractivity contribution is 5.57. The summed E-state index contributed by atoms with van der Waals surface area (Å²) >= 11 is 0. The molecule has 0 radical (unpaired) electrons. The van der Waals surface area contributed by atoms with Crippen molar-refractivity contribution >= 4 is 6.29 Å². The molecule has 1 heterocycles. The molecule has 0 saturated carbocycles. The van der Waals surface area contributed by atoms with E-state index in [0.717, 1.165) is 32.5 Å². The highest BCUT2D eigenvalue weighted by Gasteiger charge is 2.18. The molecule has 1 aliphatic rings. The van der Waals surface area contributed by atoms with E-state index in [2.05, 4.69) is 10.2 Å². The van der Waals surface area contributed by atoms with Crippen LogP contribution in [0.2, 0.25) is 0 Å². The molecule has 2 N–H and O–H groups in total. The van der Waals surface area contributed by atoms with Crippen molar-refractivity contribution < 1.29 is 9.90 Å². The van der Waals surface area contributed by atoms with Gasteiger partial charge in [-0.25, -0.2) is 0 Å². The molecule has 70 valence electrons. The number of aliphatic hydroxyl groups excluding tert-OH is 1. The number of nitrogens with one attached hydrogen (secondary N) is 1. The lowest BCUT2D eigenvalue weighted by molar-refractivity contribution is -0.113. The Morgan fingerprint density at radius 2 is 2.17 bits per heavy atom. The summed E-state index contributed by atoms with van der Waals surface area (Å²) in [5.74, 6) is 0. The molecule has 0 spiro atoms. The van der Waals surface area contributed by atoms with Crippen molar-refractivity contribution in [3.05, 3.63) is 0 Å². The van der Waals surface area contributed by atoms with Crippen LogP contribution in [-0.4, -0.2) is 55.1 Å². The van der Waals surface area contributed by atoms with Gasteiger partial charge in [-0.3, -0.25) is 4.90 Å².